The van der Waals surface area contributed by atoms with Crippen LogP contribution in [0.5, 0.6) is 0 Å². The molecule has 1 fully saturated rings. The normalized spacial score (nSPS) is 33.8. The molecule has 0 aliphatic heterocycles. The van der Waals surface area contributed by atoms with Crippen LogP contribution in [0.4, 0.5) is 0 Å². The highest BCUT2D eigenvalue weighted by Gasteiger charge is 2.60. The Morgan fingerprint density at radius 1 is 1.00 bits per heavy atom. The van der Waals surface area contributed by atoms with Crippen LogP contribution in [-0.4, -0.2) is 4.33 Å². The van der Waals surface area contributed by atoms with E-state index in [0.29, 0.717) is 11.8 Å². The third-order valence-corrected chi connectivity index (χ3v) is 3.69. The Morgan fingerprint density at radius 2 is 1.36 bits per heavy atom. The van der Waals surface area contributed by atoms with E-state index in [9.17, 15) is 0 Å². The maximum absolute atomic E-state index is 6.10. The molecule has 0 heterocycles. The van der Waals surface area contributed by atoms with E-state index in [1.807, 2.05) is 0 Å². The SMILES string of the molecule is CCCC1C(CCC)C1(Cl)Cl. The first-order chi connectivity index (χ1) is 5.14. The van der Waals surface area contributed by atoms with Gasteiger partial charge in [-0.15, -0.1) is 23.2 Å². The van der Waals surface area contributed by atoms with Gasteiger partial charge in [0.05, 0.1) is 0 Å². The van der Waals surface area contributed by atoms with Crippen molar-refractivity contribution in [1.29, 1.82) is 0 Å². The lowest BCUT2D eigenvalue weighted by Gasteiger charge is -1.94. The molecule has 0 bridgehead atoms. The van der Waals surface area contributed by atoms with Gasteiger partial charge in [-0.1, -0.05) is 26.7 Å². The molecule has 0 spiro atoms. The second kappa shape index (κ2) is 3.53. The molecule has 0 aromatic carbocycles. The summed E-state index contributed by atoms with van der Waals surface area (Å²) in [5.41, 5.74) is 0. The quantitative estimate of drug-likeness (QED) is 0.594. The summed E-state index contributed by atoms with van der Waals surface area (Å²) in [7, 11) is 0. The molecule has 11 heavy (non-hydrogen) atoms. The number of hydrogen-bond acceptors (Lipinski definition) is 0. The third kappa shape index (κ3) is 1.84. The second-order valence-electron chi connectivity index (χ2n) is 3.46. The molecule has 2 heteroatoms. The van der Waals surface area contributed by atoms with E-state index in [1.165, 1.54) is 25.7 Å². The van der Waals surface area contributed by atoms with Gasteiger partial charge in [-0.2, -0.15) is 0 Å². The number of halogens is 2. The zero-order chi connectivity index (χ0) is 8.48. The Balaban J connectivity index is 2.34. The van der Waals surface area contributed by atoms with Gasteiger partial charge in [0.25, 0.3) is 0 Å². The van der Waals surface area contributed by atoms with Gasteiger partial charge in [-0.05, 0) is 24.7 Å². The summed E-state index contributed by atoms with van der Waals surface area (Å²) >= 11 is 12.2. The molecule has 0 radical (unpaired) electrons. The predicted molar refractivity (Wildman–Crippen MR) is 51.2 cm³/mol. The highest BCUT2D eigenvalue weighted by molar-refractivity contribution is 6.51. The van der Waals surface area contributed by atoms with Crippen molar-refractivity contribution in [3.8, 4) is 0 Å². The van der Waals surface area contributed by atoms with E-state index in [-0.39, 0.29) is 4.33 Å². The van der Waals surface area contributed by atoms with Crippen molar-refractivity contribution in [2.75, 3.05) is 0 Å². The van der Waals surface area contributed by atoms with Crippen LogP contribution in [0, 0.1) is 11.8 Å². The summed E-state index contributed by atoms with van der Waals surface area (Å²) in [6.07, 6.45) is 4.79. The second-order valence-corrected chi connectivity index (χ2v) is 4.91. The van der Waals surface area contributed by atoms with Crippen LogP contribution in [0.25, 0.3) is 0 Å². The molecule has 66 valence electrons. The number of hydrogen-bond donors (Lipinski definition) is 0. The first-order valence-electron chi connectivity index (χ1n) is 4.52. The van der Waals surface area contributed by atoms with Crippen LogP contribution < -0.4 is 0 Å². The van der Waals surface area contributed by atoms with Gasteiger partial charge in [0.1, 0.15) is 4.33 Å². The molecule has 2 atom stereocenters. The van der Waals surface area contributed by atoms with E-state index >= 15 is 0 Å². The van der Waals surface area contributed by atoms with Gasteiger partial charge in [-0.25, -0.2) is 0 Å². The van der Waals surface area contributed by atoms with Crippen molar-refractivity contribution in [3.63, 3.8) is 0 Å². The summed E-state index contributed by atoms with van der Waals surface area (Å²) < 4.78 is -0.369. The smallest absolute Gasteiger partial charge is 0.101 e. The van der Waals surface area contributed by atoms with Gasteiger partial charge in [-0.3, -0.25) is 0 Å². The molecule has 0 N–H and O–H groups in total. The first kappa shape index (κ1) is 9.67. The molecule has 1 saturated carbocycles. The average Bonchev–Trinajstić information content (AvgIpc) is 2.41. The Kier molecular flexibility index (Phi) is 3.10. The fraction of sp³-hybridized carbons (Fsp3) is 1.00. The van der Waals surface area contributed by atoms with Crippen LogP contribution in [0.15, 0.2) is 0 Å². The van der Waals surface area contributed by atoms with Crippen molar-refractivity contribution in [2.24, 2.45) is 11.8 Å². The average molecular weight is 195 g/mol. The maximum atomic E-state index is 6.10. The van der Waals surface area contributed by atoms with Crippen LogP contribution in [0.2, 0.25) is 0 Å². The minimum Gasteiger partial charge on any atom is -0.101 e. The predicted octanol–water partition coefficient (Wildman–Crippen LogP) is 4.01. The summed E-state index contributed by atoms with van der Waals surface area (Å²) in [5, 5.41) is 0. The van der Waals surface area contributed by atoms with E-state index < -0.39 is 0 Å². The van der Waals surface area contributed by atoms with E-state index in [0.717, 1.165) is 0 Å². The van der Waals surface area contributed by atoms with E-state index in [4.69, 9.17) is 23.2 Å². The Morgan fingerprint density at radius 3 is 1.64 bits per heavy atom. The van der Waals surface area contributed by atoms with Crippen molar-refractivity contribution in [2.45, 2.75) is 43.9 Å². The van der Waals surface area contributed by atoms with Crippen molar-refractivity contribution >= 4 is 23.2 Å². The lowest BCUT2D eigenvalue weighted by atomic mass is 10.1. The fourth-order valence-corrected chi connectivity index (χ4v) is 2.79. The topological polar surface area (TPSA) is 0 Å². The molecular weight excluding hydrogens is 179 g/mol. The van der Waals surface area contributed by atoms with Crippen molar-refractivity contribution in [3.05, 3.63) is 0 Å². The summed E-state index contributed by atoms with van der Waals surface area (Å²) in [5.74, 6) is 1.16. The summed E-state index contributed by atoms with van der Waals surface area (Å²) in [6.45, 7) is 4.37. The zero-order valence-corrected chi connectivity index (χ0v) is 8.75. The molecular formula is C9H16Cl2. The minimum absolute atomic E-state index is 0.369. The molecule has 0 amide bonds. The summed E-state index contributed by atoms with van der Waals surface area (Å²) in [6, 6.07) is 0. The van der Waals surface area contributed by atoms with Crippen LogP contribution in [0.3, 0.4) is 0 Å². The minimum atomic E-state index is -0.369. The molecule has 0 aromatic rings. The lowest BCUT2D eigenvalue weighted by Crippen LogP contribution is -1.90. The molecule has 0 saturated heterocycles. The maximum Gasteiger partial charge on any atom is 0.124 e. The third-order valence-electron chi connectivity index (χ3n) is 2.56. The van der Waals surface area contributed by atoms with Gasteiger partial charge in [0.2, 0.25) is 0 Å². The van der Waals surface area contributed by atoms with Crippen molar-refractivity contribution in [1.82, 2.24) is 0 Å². The molecule has 0 nitrogen and oxygen atoms in total. The first-order valence-corrected chi connectivity index (χ1v) is 5.28. The molecule has 0 aromatic heterocycles. The monoisotopic (exact) mass is 194 g/mol. The van der Waals surface area contributed by atoms with Gasteiger partial charge in [0, 0.05) is 0 Å². The standard InChI is InChI=1S/C9H16Cl2/c1-3-5-7-8(6-4-2)9(7,10)11/h7-8H,3-6H2,1-2H3. The molecule has 2 unspecified atom stereocenters. The Labute approximate surface area is 79.3 Å². The van der Waals surface area contributed by atoms with E-state index in [2.05, 4.69) is 13.8 Å². The Bertz CT molecular complexity index is 118. The van der Waals surface area contributed by atoms with Gasteiger partial charge in [0.15, 0.2) is 0 Å². The highest BCUT2D eigenvalue weighted by atomic mass is 35.5. The van der Waals surface area contributed by atoms with Crippen molar-refractivity contribution < 1.29 is 0 Å². The highest BCUT2D eigenvalue weighted by Crippen LogP contribution is 2.62. The fourth-order valence-electron chi connectivity index (χ4n) is 1.87. The zero-order valence-electron chi connectivity index (χ0n) is 7.24. The molecule has 1 aliphatic rings. The van der Waals surface area contributed by atoms with Gasteiger partial charge < -0.3 is 0 Å². The molecule has 1 rings (SSSR count). The van der Waals surface area contributed by atoms with Crippen LogP contribution in [0.1, 0.15) is 39.5 Å². The van der Waals surface area contributed by atoms with Gasteiger partial charge >= 0.3 is 0 Å². The van der Waals surface area contributed by atoms with Crippen LogP contribution in [-0.2, 0) is 0 Å². The number of rotatable bonds is 4. The van der Waals surface area contributed by atoms with Crippen LogP contribution >= 0.6 is 23.2 Å². The van der Waals surface area contributed by atoms with E-state index in [1.54, 1.807) is 0 Å². The lowest BCUT2D eigenvalue weighted by molar-refractivity contribution is 0.593. The Hall–Kier alpha value is 0.580. The summed E-state index contributed by atoms with van der Waals surface area (Å²) in [4.78, 5) is 0. The largest absolute Gasteiger partial charge is 0.124 e. The molecule has 1 aliphatic carbocycles. The number of alkyl halides is 2.